The first-order chi connectivity index (χ1) is 11.7. The first-order valence-electron chi connectivity index (χ1n) is 8.15. The summed E-state index contributed by atoms with van der Waals surface area (Å²) in [5.74, 6) is 0. The van der Waals surface area contributed by atoms with Crippen LogP contribution in [0.15, 0.2) is 73.3 Å². The van der Waals surface area contributed by atoms with Crippen LogP contribution < -0.4 is 0 Å². The largest absolute Gasteiger partial charge is 0.135 e. The summed E-state index contributed by atoms with van der Waals surface area (Å²) in [6.45, 7) is 6.61. The number of thiophene rings is 1. The molecule has 114 valence electrons. The molecule has 0 bridgehead atoms. The Morgan fingerprint density at radius 3 is 2.38 bits per heavy atom. The molecule has 0 N–H and O–H groups in total. The van der Waals surface area contributed by atoms with Crippen LogP contribution in [0.5, 0.6) is 0 Å². The lowest BCUT2D eigenvalue weighted by Crippen LogP contribution is -1.92. The van der Waals surface area contributed by atoms with Crippen LogP contribution in [-0.2, 0) is 0 Å². The molecule has 1 heterocycles. The van der Waals surface area contributed by atoms with Gasteiger partial charge in [0.25, 0.3) is 0 Å². The molecule has 0 spiro atoms. The van der Waals surface area contributed by atoms with Gasteiger partial charge in [-0.15, -0.1) is 11.3 Å². The van der Waals surface area contributed by atoms with Crippen molar-refractivity contribution < 1.29 is 0 Å². The van der Waals surface area contributed by atoms with E-state index in [9.17, 15) is 0 Å². The molecule has 5 aromatic rings. The maximum Gasteiger partial charge on any atom is 0.0361 e. The molecule has 24 heavy (non-hydrogen) atoms. The average molecular weight is 324 g/mol. The Morgan fingerprint density at radius 1 is 0.792 bits per heavy atom. The summed E-state index contributed by atoms with van der Waals surface area (Å²) >= 11 is 1.88. The molecule has 1 aromatic heterocycles. The van der Waals surface area contributed by atoms with Crippen LogP contribution in [0.2, 0.25) is 0 Å². The van der Waals surface area contributed by atoms with Gasteiger partial charge in [-0.05, 0) is 58.2 Å². The molecule has 0 saturated heterocycles. The van der Waals surface area contributed by atoms with Crippen molar-refractivity contribution in [2.75, 3.05) is 0 Å². The Labute approximate surface area is 145 Å². The lowest BCUT2D eigenvalue weighted by Gasteiger charge is -2.14. The molecule has 0 radical (unpaired) electrons. The van der Waals surface area contributed by atoms with Crippen LogP contribution in [-0.4, -0.2) is 0 Å². The van der Waals surface area contributed by atoms with Crippen molar-refractivity contribution in [2.24, 2.45) is 0 Å². The second-order valence-electron chi connectivity index (χ2n) is 6.35. The van der Waals surface area contributed by atoms with E-state index in [2.05, 4.69) is 80.2 Å². The first kappa shape index (κ1) is 13.8. The molecule has 0 amide bonds. The Morgan fingerprint density at radius 2 is 1.54 bits per heavy atom. The van der Waals surface area contributed by atoms with Crippen LogP contribution in [0.25, 0.3) is 36.5 Å². The van der Waals surface area contributed by atoms with Crippen molar-refractivity contribution in [1.29, 1.82) is 0 Å². The molecule has 0 atom stereocenters. The molecule has 0 aliphatic carbocycles. The van der Waals surface area contributed by atoms with E-state index in [0.29, 0.717) is 0 Å². The molecule has 0 nitrogen and oxygen atoms in total. The second kappa shape index (κ2) is 4.93. The Hall–Kier alpha value is -2.64. The fraction of sp³-hybridized carbons (Fsp3) is 0.0435. The highest BCUT2D eigenvalue weighted by atomic mass is 32.1. The van der Waals surface area contributed by atoms with Gasteiger partial charge in [0.15, 0.2) is 0 Å². The summed E-state index contributed by atoms with van der Waals surface area (Å²) in [5.41, 5.74) is 4.85. The molecule has 5 rings (SSSR count). The monoisotopic (exact) mass is 324 g/mol. The van der Waals surface area contributed by atoms with Crippen LogP contribution in [0.3, 0.4) is 0 Å². The highest BCUT2D eigenvalue weighted by Gasteiger charge is 2.16. The van der Waals surface area contributed by atoms with E-state index in [1.165, 1.54) is 47.6 Å². The maximum absolute atomic E-state index is 4.45. The zero-order chi connectivity index (χ0) is 16.3. The van der Waals surface area contributed by atoms with E-state index < -0.39 is 0 Å². The highest BCUT2D eigenvalue weighted by molar-refractivity contribution is 7.26. The lowest BCUT2D eigenvalue weighted by molar-refractivity contribution is 1.42. The summed E-state index contributed by atoms with van der Waals surface area (Å²) in [4.78, 5) is 0. The van der Waals surface area contributed by atoms with Crippen molar-refractivity contribution in [3.8, 4) is 0 Å². The molecule has 4 aromatic carbocycles. The molecule has 1 heteroatoms. The molecular formula is C23H16S. The van der Waals surface area contributed by atoms with E-state index in [-0.39, 0.29) is 0 Å². The minimum atomic E-state index is 1.11. The van der Waals surface area contributed by atoms with Gasteiger partial charge in [0.2, 0.25) is 0 Å². The van der Waals surface area contributed by atoms with Crippen LogP contribution >= 0.6 is 11.3 Å². The zero-order valence-electron chi connectivity index (χ0n) is 13.5. The summed E-state index contributed by atoms with van der Waals surface area (Å²) in [7, 11) is 0. The van der Waals surface area contributed by atoms with Crippen molar-refractivity contribution in [1.82, 2.24) is 0 Å². The normalized spacial score (nSPS) is 11.7. The van der Waals surface area contributed by atoms with E-state index in [0.717, 1.165) is 5.57 Å². The molecule has 0 fully saturated rings. The first-order valence-corrected chi connectivity index (χ1v) is 8.97. The number of aryl methyl sites for hydroxylation is 1. The second-order valence-corrected chi connectivity index (χ2v) is 7.44. The van der Waals surface area contributed by atoms with Gasteiger partial charge in [-0.2, -0.15) is 0 Å². The fourth-order valence-corrected chi connectivity index (χ4v) is 4.94. The molecule has 0 aliphatic rings. The topological polar surface area (TPSA) is 0 Å². The minimum Gasteiger partial charge on any atom is -0.135 e. The van der Waals surface area contributed by atoms with Crippen LogP contribution in [0.1, 0.15) is 16.7 Å². The van der Waals surface area contributed by atoms with E-state index >= 15 is 0 Å². The third kappa shape index (κ3) is 1.79. The van der Waals surface area contributed by atoms with Gasteiger partial charge in [0, 0.05) is 20.2 Å². The number of hydrogen-bond donors (Lipinski definition) is 0. The van der Waals surface area contributed by atoms with Crippen LogP contribution in [0, 0.1) is 6.92 Å². The van der Waals surface area contributed by atoms with Gasteiger partial charge in [-0.3, -0.25) is 0 Å². The quantitative estimate of drug-likeness (QED) is 0.306. The number of benzene rings is 4. The van der Waals surface area contributed by atoms with Gasteiger partial charge < -0.3 is 0 Å². The summed E-state index contributed by atoms with van der Waals surface area (Å²) < 4.78 is 2.73. The van der Waals surface area contributed by atoms with Crippen molar-refractivity contribution in [2.45, 2.75) is 6.92 Å². The standard InChI is InChI=1S/C23H16S/c1-14-7-3-4-9-17(14)15(2)19-13-16-8-5-11-20-22(16)23-18(19)10-6-12-21(23)24-20/h3-13H,2H2,1H3. The van der Waals surface area contributed by atoms with E-state index in [4.69, 9.17) is 0 Å². The van der Waals surface area contributed by atoms with E-state index in [1.54, 1.807) is 0 Å². The number of rotatable bonds is 2. The zero-order valence-corrected chi connectivity index (χ0v) is 14.3. The van der Waals surface area contributed by atoms with Crippen molar-refractivity contribution in [3.63, 3.8) is 0 Å². The summed E-state index contributed by atoms with van der Waals surface area (Å²) in [6.07, 6.45) is 0. The molecule has 0 unspecified atom stereocenters. The van der Waals surface area contributed by atoms with Gasteiger partial charge >= 0.3 is 0 Å². The minimum absolute atomic E-state index is 1.11. The van der Waals surface area contributed by atoms with Crippen LogP contribution in [0.4, 0.5) is 0 Å². The van der Waals surface area contributed by atoms with Crippen molar-refractivity contribution >= 4 is 47.9 Å². The smallest absolute Gasteiger partial charge is 0.0361 e. The van der Waals surface area contributed by atoms with Gasteiger partial charge in [-0.25, -0.2) is 0 Å². The predicted octanol–water partition coefficient (Wildman–Crippen LogP) is 7.02. The SMILES string of the molecule is C=C(c1ccccc1C)c1cc2cccc3sc4cccc1c4c23. The Kier molecular flexibility index (Phi) is 2.83. The highest BCUT2D eigenvalue weighted by Crippen LogP contribution is 2.43. The summed E-state index contributed by atoms with van der Waals surface area (Å²) in [6, 6.07) is 24.0. The number of hydrogen-bond acceptors (Lipinski definition) is 1. The third-order valence-corrected chi connectivity index (χ3v) is 6.06. The maximum atomic E-state index is 4.45. The van der Waals surface area contributed by atoms with Gasteiger partial charge in [0.1, 0.15) is 0 Å². The Balaban J connectivity index is 1.91. The van der Waals surface area contributed by atoms with Gasteiger partial charge in [0.05, 0.1) is 0 Å². The molecule has 0 saturated carbocycles. The lowest BCUT2D eigenvalue weighted by atomic mass is 9.89. The third-order valence-electron chi connectivity index (χ3n) is 4.94. The fourth-order valence-electron chi connectivity index (χ4n) is 3.78. The summed E-state index contributed by atoms with van der Waals surface area (Å²) in [5, 5.41) is 5.41. The van der Waals surface area contributed by atoms with Gasteiger partial charge in [-0.1, -0.05) is 55.1 Å². The van der Waals surface area contributed by atoms with Crippen molar-refractivity contribution in [3.05, 3.63) is 90.0 Å². The average Bonchev–Trinajstić information content (AvgIpc) is 2.99. The Bertz CT molecular complexity index is 1220. The predicted molar refractivity (Wildman–Crippen MR) is 107 cm³/mol. The molecular weight excluding hydrogens is 308 g/mol. The van der Waals surface area contributed by atoms with E-state index in [1.807, 2.05) is 11.3 Å². The molecule has 0 aliphatic heterocycles.